The van der Waals surface area contributed by atoms with E-state index >= 15 is 0 Å². The Balaban J connectivity index is 1.51. The lowest BCUT2D eigenvalue weighted by Gasteiger charge is -2.21. The monoisotopic (exact) mass is 644 g/mol. The molecule has 0 aliphatic heterocycles. The molecule has 0 bridgehead atoms. The highest BCUT2D eigenvalue weighted by atomic mass is 127. The molecule has 0 amide bonds. The molecule has 0 aliphatic rings. The summed E-state index contributed by atoms with van der Waals surface area (Å²) >= 11 is 1.86. The van der Waals surface area contributed by atoms with Gasteiger partial charge in [0.05, 0.1) is 0 Å². The van der Waals surface area contributed by atoms with E-state index in [0.717, 1.165) is 43.8 Å². The Hall–Kier alpha value is -4.55. The van der Waals surface area contributed by atoms with Crippen LogP contribution in [0.3, 0.4) is 0 Å². The van der Waals surface area contributed by atoms with Crippen LogP contribution in [0.1, 0.15) is 5.56 Å². The Morgan fingerprint density at radius 2 is 0.927 bits per heavy atom. The van der Waals surface area contributed by atoms with Crippen LogP contribution in [-0.2, 0) is 0 Å². The number of phenols is 3. The summed E-state index contributed by atoms with van der Waals surface area (Å²) in [6.07, 6.45) is 0. The van der Waals surface area contributed by atoms with Crippen molar-refractivity contribution >= 4 is 54.9 Å². The number of halogens is 1. The summed E-state index contributed by atoms with van der Waals surface area (Å²) in [5, 5.41) is 39.1. The largest absolute Gasteiger partial charge is 0.506 e. The van der Waals surface area contributed by atoms with E-state index in [1.807, 2.05) is 59.0 Å². The Bertz CT molecular complexity index is 2050. The molecule has 0 saturated carbocycles. The molecule has 3 nitrogen and oxygen atoms in total. The minimum atomic E-state index is -0.315. The normalized spacial score (nSPS) is 11.5. The fraction of sp³-hybridized carbons (Fsp3) is 0.0270. The van der Waals surface area contributed by atoms with Crippen molar-refractivity contribution in [3.05, 3.63) is 124 Å². The van der Waals surface area contributed by atoms with E-state index in [1.165, 1.54) is 16.3 Å². The minimum Gasteiger partial charge on any atom is -0.506 e. The van der Waals surface area contributed by atoms with E-state index in [9.17, 15) is 15.3 Å². The number of benzene rings is 7. The summed E-state index contributed by atoms with van der Waals surface area (Å²) in [5.74, 6) is -0.575. The third kappa shape index (κ3) is 3.93. The Labute approximate surface area is 251 Å². The standard InChI is InChI=1S/C37H25IO3/c1-21-31(36(40)37(41)34(38)35(21)39)33-29-14-6-4-12-27(29)32(28-13-5-7-15-30(28)33)24-19-17-23(18-20-24)26-16-8-10-22-9-2-3-11-25(22)26/h2-20,39-41H,1H3. The third-order valence-electron chi connectivity index (χ3n) is 8.06. The van der Waals surface area contributed by atoms with Crippen LogP contribution in [0.2, 0.25) is 0 Å². The predicted molar refractivity (Wildman–Crippen MR) is 178 cm³/mol. The lowest BCUT2D eigenvalue weighted by Crippen LogP contribution is -1.95. The molecule has 0 saturated heterocycles. The molecule has 41 heavy (non-hydrogen) atoms. The summed E-state index contributed by atoms with van der Waals surface area (Å²) in [6.45, 7) is 1.77. The average molecular weight is 645 g/mol. The van der Waals surface area contributed by atoms with Gasteiger partial charge in [0.25, 0.3) is 0 Å². The Kier molecular flexibility index (Phi) is 6.09. The van der Waals surface area contributed by atoms with Gasteiger partial charge >= 0.3 is 0 Å². The van der Waals surface area contributed by atoms with Crippen molar-refractivity contribution in [2.24, 2.45) is 0 Å². The highest BCUT2D eigenvalue weighted by Crippen LogP contribution is 2.52. The summed E-state index contributed by atoms with van der Waals surface area (Å²) in [5.41, 5.74) is 6.27. The first-order chi connectivity index (χ1) is 20.0. The molecule has 198 valence electrons. The predicted octanol–water partition coefficient (Wildman–Crippen LogP) is 10.2. The van der Waals surface area contributed by atoms with E-state index in [2.05, 4.69) is 78.9 Å². The number of hydrogen-bond donors (Lipinski definition) is 3. The fourth-order valence-corrected chi connectivity index (χ4v) is 6.76. The molecule has 0 radical (unpaired) electrons. The van der Waals surface area contributed by atoms with Crippen LogP contribution in [0.5, 0.6) is 17.2 Å². The van der Waals surface area contributed by atoms with Crippen LogP contribution < -0.4 is 0 Å². The maximum Gasteiger partial charge on any atom is 0.175 e. The van der Waals surface area contributed by atoms with E-state index in [4.69, 9.17) is 0 Å². The minimum absolute atomic E-state index is 0.0304. The first-order valence-electron chi connectivity index (χ1n) is 13.4. The summed E-state index contributed by atoms with van der Waals surface area (Å²) < 4.78 is 0.234. The van der Waals surface area contributed by atoms with E-state index < -0.39 is 0 Å². The molecule has 0 unspecified atom stereocenters. The van der Waals surface area contributed by atoms with E-state index in [-0.39, 0.29) is 20.8 Å². The van der Waals surface area contributed by atoms with Crippen LogP contribution in [0, 0.1) is 10.5 Å². The molecule has 0 fully saturated rings. The summed E-state index contributed by atoms with van der Waals surface area (Å²) in [6, 6.07) is 39.8. The molecule has 0 aromatic heterocycles. The van der Waals surface area contributed by atoms with Gasteiger partial charge in [-0.05, 0) is 84.1 Å². The van der Waals surface area contributed by atoms with Gasteiger partial charge in [0.15, 0.2) is 11.5 Å². The highest BCUT2D eigenvalue weighted by molar-refractivity contribution is 14.1. The number of phenolic OH excluding ortho intramolecular Hbond substituents is 3. The van der Waals surface area contributed by atoms with Crippen molar-refractivity contribution in [3.8, 4) is 50.6 Å². The van der Waals surface area contributed by atoms with Crippen LogP contribution in [0.25, 0.3) is 65.7 Å². The first kappa shape index (κ1) is 25.4. The second-order valence-electron chi connectivity index (χ2n) is 10.3. The molecular weight excluding hydrogens is 619 g/mol. The maximum absolute atomic E-state index is 11.2. The van der Waals surface area contributed by atoms with Crippen molar-refractivity contribution < 1.29 is 15.3 Å². The molecular formula is C37H25IO3. The lowest BCUT2D eigenvalue weighted by molar-refractivity contribution is 0.392. The Morgan fingerprint density at radius 3 is 1.54 bits per heavy atom. The van der Waals surface area contributed by atoms with Gasteiger partial charge in [-0.1, -0.05) is 115 Å². The molecule has 0 atom stereocenters. The van der Waals surface area contributed by atoms with Gasteiger partial charge in [0.2, 0.25) is 0 Å². The molecule has 0 spiro atoms. The third-order valence-corrected chi connectivity index (χ3v) is 9.08. The molecule has 4 heteroatoms. The smallest absolute Gasteiger partial charge is 0.175 e. The maximum atomic E-state index is 11.2. The molecule has 7 aromatic carbocycles. The van der Waals surface area contributed by atoms with Crippen LogP contribution in [-0.4, -0.2) is 15.3 Å². The number of rotatable bonds is 3. The molecule has 7 rings (SSSR count). The van der Waals surface area contributed by atoms with Crippen LogP contribution >= 0.6 is 22.6 Å². The zero-order valence-electron chi connectivity index (χ0n) is 22.2. The van der Waals surface area contributed by atoms with Crippen molar-refractivity contribution in [3.63, 3.8) is 0 Å². The SMILES string of the molecule is Cc1c(O)c(I)c(O)c(O)c1-c1c2ccccc2c(-c2ccc(-c3cccc4ccccc34)cc2)c2ccccc12. The summed E-state index contributed by atoms with van der Waals surface area (Å²) in [4.78, 5) is 0. The van der Waals surface area contributed by atoms with Crippen molar-refractivity contribution in [2.75, 3.05) is 0 Å². The lowest BCUT2D eigenvalue weighted by atomic mass is 9.84. The van der Waals surface area contributed by atoms with Crippen molar-refractivity contribution in [1.82, 2.24) is 0 Å². The summed E-state index contributed by atoms with van der Waals surface area (Å²) in [7, 11) is 0. The average Bonchev–Trinajstić information content (AvgIpc) is 3.02. The zero-order valence-corrected chi connectivity index (χ0v) is 24.3. The quantitative estimate of drug-likeness (QED) is 0.0777. The molecule has 0 heterocycles. The van der Waals surface area contributed by atoms with E-state index in [1.54, 1.807) is 6.92 Å². The molecule has 7 aromatic rings. The van der Waals surface area contributed by atoms with Crippen molar-refractivity contribution in [2.45, 2.75) is 6.92 Å². The second-order valence-corrected chi connectivity index (χ2v) is 11.4. The topological polar surface area (TPSA) is 60.7 Å². The molecule has 0 aliphatic carbocycles. The van der Waals surface area contributed by atoms with Crippen LogP contribution in [0.15, 0.2) is 115 Å². The zero-order chi connectivity index (χ0) is 28.2. The number of hydrogen-bond acceptors (Lipinski definition) is 3. The second kappa shape index (κ2) is 9.82. The number of fused-ring (bicyclic) bond motifs is 3. The molecule has 3 N–H and O–H groups in total. The van der Waals surface area contributed by atoms with Gasteiger partial charge in [-0.15, -0.1) is 0 Å². The van der Waals surface area contributed by atoms with Crippen molar-refractivity contribution in [1.29, 1.82) is 0 Å². The van der Waals surface area contributed by atoms with Gasteiger partial charge in [0, 0.05) is 16.7 Å². The van der Waals surface area contributed by atoms with Crippen LogP contribution in [0.4, 0.5) is 0 Å². The van der Waals surface area contributed by atoms with E-state index in [0.29, 0.717) is 11.1 Å². The van der Waals surface area contributed by atoms with Gasteiger partial charge < -0.3 is 15.3 Å². The van der Waals surface area contributed by atoms with Gasteiger partial charge in [-0.3, -0.25) is 0 Å². The van der Waals surface area contributed by atoms with Gasteiger partial charge in [0.1, 0.15) is 9.32 Å². The first-order valence-corrected chi connectivity index (χ1v) is 14.5. The highest BCUT2D eigenvalue weighted by Gasteiger charge is 2.25. The van der Waals surface area contributed by atoms with Gasteiger partial charge in [-0.25, -0.2) is 0 Å². The fourth-order valence-electron chi connectivity index (χ4n) is 6.10. The Morgan fingerprint density at radius 1 is 0.439 bits per heavy atom. The van der Waals surface area contributed by atoms with Gasteiger partial charge in [-0.2, -0.15) is 0 Å². The number of aromatic hydroxyl groups is 3.